The summed E-state index contributed by atoms with van der Waals surface area (Å²) in [7, 11) is -3.79. The first-order valence-electron chi connectivity index (χ1n) is 14.0. The van der Waals surface area contributed by atoms with Crippen molar-refractivity contribution in [2.45, 2.75) is 23.9 Å². The molecule has 0 spiro atoms. The van der Waals surface area contributed by atoms with Gasteiger partial charge in [0.05, 0.1) is 41.7 Å². The molecule has 2 aliphatic heterocycles. The second-order valence-electron chi connectivity index (χ2n) is 10.7. The number of rotatable bonds is 6. The van der Waals surface area contributed by atoms with Gasteiger partial charge in [0.25, 0.3) is 5.91 Å². The Hall–Kier alpha value is -3.49. The summed E-state index contributed by atoms with van der Waals surface area (Å²) < 4.78 is 28.7. The summed E-state index contributed by atoms with van der Waals surface area (Å²) in [6.07, 6.45) is 0.661. The molecule has 0 saturated carbocycles. The van der Waals surface area contributed by atoms with Crippen molar-refractivity contribution in [3.63, 3.8) is 0 Å². The first-order valence-corrected chi connectivity index (χ1v) is 15.8. The molecule has 1 amide bonds. The van der Waals surface area contributed by atoms with Crippen LogP contribution >= 0.6 is 11.6 Å². The van der Waals surface area contributed by atoms with E-state index in [0.717, 1.165) is 18.7 Å². The van der Waals surface area contributed by atoms with Crippen molar-refractivity contribution in [3.8, 4) is 0 Å². The number of quaternary nitrogens is 1. The van der Waals surface area contributed by atoms with Crippen LogP contribution in [0.25, 0.3) is 0 Å². The van der Waals surface area contributed by atoms with Gasteiger partial charge in [-0.2, -0.15) is 4.31 Å². The molecule has 6 rings (SSSR count). The molecular formula is C33H33ClN3O3S+. The maximum Gasteiger partial charge on any atom is 0.255 e. The number of amides is 1. The van der Waals surface area contributed by atoms with E-state index in [0.29, 0.717) is 32.6 Å². The molecular weight excluding hydrogens is 554 g/mol. The zero-order chi connectivity index (χ0) is 28.4. The molecule has 210 valence electrons. The lowest BCUT2D eigenvalue weighted by Crippen LogP contribution is -3.15. The van der Waals surface area contributed by atoms with Crippen LogP contribution in [0.1, 0.15) is 38.7 Å². The minimum absolute atomic E-state index is 0.0992. The van der Waals surface area contributed by atoms with E-state index in [1.807, 2.05) is 36.4 Å². The number of halogens is 1. The van der Waals surface area contributed by atoms with Crippen molar-refractivity contribution in [3.05, 3.63) is 136 Å². The van der Waals surface area contributed by atoms with Gasteiger partial charge < -0.3 is 9.80 Å². The molecule has 1 N–H and O–H groups in total. The molecule has 0 atom stereocenters. The third-order valence-electron chi connectivity index (χ3n) is 8.27. The maximum absolute atomic E-state index is 13.7. The molecule has 0 radical (unpaired) electrons. The van der Waals surface area contributed by atoms with Gasteiger partial charge in [-0.1, -0.05) is 96.5 Å². The van der Waals surface area contributed by atoms with E-state index in [9.17, 15) is 13.2 Å². The van der Waals surface area contributed by atoms with Gasteiger partial charge in [-0.25, -0.2) is 8.42 Å². The van der Waals surface area contributed by atoms with Gasteiger partial charge in [-0.15, -0.1) is 0 Å². The fourth-order valence-electron chi connectivity index (χ4n) is 6.06. The predicted octanol–water partition coefficient (Wildman–Crippen LogP) is 4.22. The minimum Gasteiger partial charge on any atom is -0.327 e. The molecule has 2 heterocycles. The Morgan fingerprint density at radius 2 is 1.34 bits per heavy atom. The Morgan fingerprint density at radius 1 is 0.756 bits per heavy atom. The SMILES string of the molecule is O=C(c1cc(S(=O)(=O)N2CCc3ccccc3C2)ccc1Cl)N1CC[NH+](C(c2ccccc2)c2ccccc2)CC1. The number of fused-ring (bicyclic) bond motifs is 1. The van der Waals surface area contributed by atoms with Crippen LogP contribution in [0.15, 0.2) is 108 Å². The van der Waals surface area contributed by atoms with Crippen LogP contribution in [0.4, 0.5) is 0 Å². The summed E-state index contributed by atoms with van der Waals surface area (Å²) in [4.78, 5) is 17.0. The number of nitrogens with one attached hydrogen (secondary N) is 1. The first kappa shape index (κ1) is 27.7. The third kappa shape index (κ3) is 5.68. The van der Waals surface area contributed by atoms with Crippen molar-refractivity contribution < 1.29 is 18.1 Å². The first-order chi connectivity index (χ1) is 19.9. The molecule has 41 heavy (non-hydrogen) atoms. The maximum atomic E-state index is 13.7. The Labute approximate surface area is 246 Å². The summed E-state index contributed by atoms with van der Waals surface area (Å²) in [6, 6.07) is 33.5. The lowest BCUT2D eigenvalue weighted by atomic mass is 9.96. The smallest absolute Gasteiger partial charge is 0.255 e. The van der Waals surface area contributed by atoms with Gasteiger partial charge in [-0.05, 0) is 35.7 Å². The zero-order valence-electron chi connectivity index (χ0n) is 22.7. The monoisotopic (exact) mass is 586 g/mol. The molecule has 0 unspecified atom stereocenters. The lowest BCUT2D eigenvalue weighted by Gasteiger charge is -2.37. The summed E-state index contributed by atoms with van der Waals surface area (Å²) >= 11 is 6.49. The molecule has 4 aromatic rings. The number of hydrogen-bond donors (Lipinski definition) is 1. The highest BCUT2D eigenvalue weighted by molar-refractivity contribution is 7.89. The van der Waals surface area contributed by atoms with Crippen molar-refractivity contribution in [1.29, 1.82) is 0 Å². The van der Waals surface area contributed by atoms with E-state index in [1.54, 1.807) is 4.90 Å². The van der Waals surface area contributed by atoms with Crippen LogP contribution in [0.3, 0.4) is 0 Å². The highest BCUT2D eigenvalue weighted by Gasteiger charge is 2.34. The number of hydrogen-bond acceptors (Lipinski definition) is 3. The van der Waals surface area contributed by atoms with Crippen LogP contribution in [0, 0.1) is 0 Å². The van der Waals surface area contributed by atoms with E-state index in [1.165, 1.54) is 44.1 Å². The quantitative estimate of drug-likeness (QED) is 0.368. The van der Waals surface area contributed by atoms with E-state index in [-0.39, 0.29) is 27.4 Å². The fourth-order valence-corrected chi connectivity index (χ4v) is 7.71. The number of carbonyl (C=O) groups is 1. The van der Waals surface area contributed by atoms with Crippen LogP contribution < -0.4 is 4.90 Å². The molecule has 0 bridgehead atoms. The van der Waals surface area contributed by atoms with Gasteiger partial charge in [0.1, 0.15) is 6.04 Å². The normalized spacial score (nSPS) is 16.5. The van der Waals surface area contributed by atoms with Crippen LogP contribution in [-0.4, -0.2) is 56.3 Å². The lowest BCUT2D eigenvalue weighted by molar-refractivity contribution is -0.929. The number of nitrogens with zero attached hydrogens (tertiary/aromatic N) is 2. The number of benzene rings is 4. The average Bonchev–Trinajstić information content (AvgIpc) is 3.02. The zero-order valence-corrected chi connectivity index (χ0v) is 24.3. The van der Waals surface area contributed by atoms with Gasteiger partial charge in [-0.3, -0.25) is 4.79 Å². The Bertz CT molecular complexity index is 1600. The van der Waals surface area contributed by atoms with Crippen LogP contribution in [-0.2, 0) is 23.0 Å². The second-order valence-corrected chi connectivity index (χ2v) is 13.0. The molecule has 1 saturated heterocycles. The Morgan fingerprint density at radius 3 is 1.98 bits per heavy atom. The summed E-state index contributed by atoms with van der Waals surface area (Å²) in [5.74, 6) is -0.230. The summed E-state index contributed by atoms with van der Waals surface area (Å²) in [5, 5.41) is 0.263. The summed E-state index contributed by atoms with van der Waals surface area (Å²) in [6.45, 7) is 3.37. The van der Waals surface area contributed by atoms with E-state index >= 15 is 0 Å². The van der Waals surface area contributed by atoms with Crippen molar-refractivity contribution in [1.82, 2.24) is 9.21 Å². The molecule has 6 nitrogen and oxygen atoms in total. The van der Waals surface area contributed by atoms with Gasteiger partial charge in [0.2, 0.25) is 10.0 Å². The van der Waals surface area contributed by atoms with E-state index in [2.05, 4.69) is 48.5 Å². The highest BCUT2D eigenvalue weighted by atomic mass is 35.5. The predicted molar refractivity (Wildman–Crippen MR) is 161 cm³/mol. The molecule has 0 aliphatic carbocycles. The van der Waals surface area contributed by atoms with Gasteiger partial charge in [0, 0.05) is 24.2 Å². The van der Waals surface area contributed by atoms with Gasteiger partial charge >= 0.3 is 0 Å². The van der Waals surface area contributed by atoms with Crippen molar-refractivity contribution >= 4 is 27.5 Å². The number of sulfonamides is 1. The highest BCUT2D eigenvalue weighted by Crippen LogP contribution is 2.28. The largest absolute Gasteiger partial charge is 0.327 e. The van der Waals surface area contributed by atoms with E-state index < -0.39 is 10.0 Å². The molecule has 0 aromatic heterocycles. The molecule has 8 heteroatoms. The molecule has 4 aromatic carbocycles. The van der Waals surface area contributed by atoms with Crippen molar-refractivity contribution in [2.75, 3.05) is 32.7 Å². The minimum atomic E-state index is -3.79. The topological polar surface area (TPSA) is 62.1 Å². The van der Waals surface area contributed by atoms with E-state index in [4.69, 9.17) is 11.6 Å². The average molecular weight is 587 g/mol. The Kier molecular flexibility index (Phi) is 7.95. The number of piperazine rings is 1. The second kappa shape index (κ2) is 11.8. The van der Waals surface area contributed by atoms with Crippen molar-refractivity contribution in [2.24, 2.45) is 0 Å². The molecule has 1 fully saturated rings. The summed E-state index contributed by atoms with van der Waals surface area (Å²) in [5.41, 5.74) is 4.91. The van der Waals surface area contributed by atoms with Crippen LogP contribution in [0.5, 0.6) is 0 Å². The van der Waals surface area contributed by atoms with Gasteiger partial charge in [0.15, 0.2) is 0 Å². The Balaban J connectivity index is 1.19. The number of carbonyl (C=O) groups excluding carboxylic acids is 1. The fraction of sp³-hybridized carbons (Fsp3) is 0.242. The van der Waals surface area contributed by atoms with Crippen LogP contribution in [0.2, 0.25) is 5.02 Å². The standard InChI is InChI=1S/C33H32ClN3O3S/c34-31-16-15-29(41(39,40)37-18-17-25-9-7-8-14-28(25)24-37)23-30(31)33(38)36-21-19-35(20-22-36)32(26-10-3-1-4-11-26)27-12-5-2-6-13-27/h1-16,23,32H,17-22,24H2/p+1. The molecule has 2 aliphatic rings. The third-order valence-corrected chi connectivity index (χ3v) is 10.4.